The Morgan fingerprint density at radius 3 is 2.67 bits per heavy atom. The van der Waals surface area contributed by atoms with Crippen molar-refractivity contribution in [3.8, 4) is 0 Å². The Hall–Kier alpha value is -1.31. The smallest absolute Gasteiger partial charge is 0.242 e. The standard InChI is InChI=1S/C11H19N3O3S/c1-13-18(15,16)11-8-9(12)4-5-10(11)14(2)6-7-17-3/h4-5,8,13H,6-7,12H2,1-3H3. The van der Waals surface area contributed by atoms with Gasteiger partial charge in [-0.15, -0.1) is 0 Å². The van der Waals surface area contributed by atoms with Crippen molar-refractivity contribution in [1.82, 2.24) is 4.72 Å². The lowest BCUT2D eigenvalue weighted by Gasteiger charge is -2.22. The zero-order valence-corrected chi connectivity index (χ0v) is 11.6. The molecule has 0 saturated carbocycles. The number of nitrogens with one attached hydrogen (secondary N) is 1. The quantitative estimate of drug-likeness (QED) is 0.726. The van der Waals surface area contributed by atoms with Crippen molar-refractivity contribution in [2.45, 2.75) is 4.90 Å². The molecule has 0 spiro atoms. The molecule has 3 N–H and O–H groups in total. The van der Waals surface area contributed by atoms with Crippen molar-refractivity contribution in [2.75, 3.05) is 45.0 Å². The molecular weight excluding hydrogens is 254 g/mol. The van der Waals surface area contributed by atoms with Gasteiger partial charge >= 0.3 is 0 Å². The molecule has 6 nitrogen and oxygen atoms in total. The molecule has 0 unspecified atom stereocenters. The monoisotopic (exact) mass is 273 g/mol. The highest BCUT2D eigenvalue weighted by Gasteiger charge is 2.19. The average Bonchev–Trinajstić information content (AvgIpc) is 2.35. The van der Waals surface area contributed by atoms with Crippen molar-refractivity contribution in [3.05, 3.63) is 18.2 Å². The van der Waals surface area contributed by atoms with Gasteiger partial charge in [-0.25, -0.2) is 13.1 Å². The van der Waals surface area contributed by atoms with Crippen LogP contribution in [-0.4, -0.2) is 42.8 Å². The summed E-state index contributed by atoms with van der Waals surface area (Å²) in [6, 6.07) is 4.81. The van der Waals surface area contributed by atoms with E-state index in [1.807, 2.05) is 4.90 Å². The number of benzene rings is 1. The van der Waals surface area contributed by atoms with Gasteiger partial charge in [0, 0.05) is 26.4 Å². The minimum absolute atomic E-state index is 0.170. The fraction of sp³-hybridized carbons (Fsp3) is 0.455. The van der Waals surface area contributed by atoms with Crippen molar-refractivity contribution in [2.24, 2.45) is 0 Å². The summed E-state index contributed by atoms with van der Waals surface area (Å²) in [5.74, 6) is 0. The van der Waals surface area contributed by atoms with Crippen LogP contribution in [0.5, 0.6) is 0 Å². The van der Waals surface area contributed by atoms with Gasteiger partial charge in [-0.2, -0.15) is 0 Å². The summed E-state index contributed by atoms with van der Waals surface area (Å²) >= 11 is 0. The van der Waals surface area contributed by atoms with E-state index in [-0.39, 0.29) is 4.90 Å². The Bertz CT molecular complexity index is 502. The van der Waals surface area contributed by atoms with E-state index < -0.39 is 10.0 Å². The van der Waals surface area contributed by atoms with E-state index in [1.54, 1.807) is 26.3 Å². The summed E-state index contributed by atoms with van der Waals surface area (Å²) in [4.78, 5) is 1.98. The fourth-order valence-corrected chi connectivity index (χ4v) is 2.53. The minimum Gasteiger partial charge on any atom is -0.399 e. The molecule has 0 bridgehead atoms. The number of hydrogen-bond acceptors (Lipinski definition) is 5. The first-order chi connectivity index (χ1) is 8.42. The van der Waals surface area contributed by atoms with E-state index in [1.165, 1.54) is 13.1 Å². The van der Waals surface area contributed by atoms with Crippen LogP contribution in [-0.2, 0) is 14.8 Å². The second-order valence-electron chi connectivity index (χ2n) is 3.85. The van der Waals surface area contributed by atoms with E-state index in [0.717, 1.165) is 0 Å². The molecule has 0 aromatic heterocycles. The van der Waals surface area contributed by atoms with E-state index in [9.17, 15) is 8.42 Å². The molecule has 0 amide bonds. The largest absolute Gasteiger partial charge is 0.399 e. The molecule has 0 atom stereocenters. The molecule has 7 heteroatoms. The maximum Gasteiger partial charge on any atom is 0.242 e. The summed E-state index contributed by atoms with van der Waals surface area (Å²) in [7, 11) is 1.24. The van der Waals surface area contributed by atoms with Crippen LogP contribution >= 0.6 is 0 Å². The first-order valence-electron chi connectivity index (χ1n) is 5.45. The zero-order chi connectivity index (χ0) is 13.8. The third kappa shape index (κ3) is 3.34. The summed E-state index contributed by atoms with van der Waals surface area (Å²) in [5.41, 5.74) is 6.65. The third-order valence-corrected chi connectivity index (χ3v) is 4.03. The van der Waals surface area contributed by atoms with Gasteiger partial charge in [0.2, 0.25) is 10.0 Å². The lowest BCUT2D eigenvalue weighted by atomic mass is 10.2. The van der Waals surface area contributed by atoms with Gasteiger partial charge < -0.3 is 15.4 Å². The predicted molar refractivity (Wildman–Crippen MR) is 72.2 cm³/mol. The number of hydrogen-bond donors (Lipinski definition) is 2. The van der Waals surface area contributed by atoms with Gasteiger partial charge in [-0.05, 0) is 25.2 Å². The van der Waals surface area contributed by atoms with Crippen LogP contribution in [0.1, 0.15) is 0 Å². The summed E-state index contributed by atoms with van der Waals surface area (Å²) in [6.07, 6.45) is 0. The Balaban J connectivity index is 3.19. The molecule has 0 aliphatic heterocycles. The molecule has 1 aromatic carbocycles. The molecule has 0 heterocycles. The number of rotatable bonds is 6. The van der Waals surface area contributed by atoms with Gasteiger partial charge in [-0.1, -0.05) is 0 Å². The SMILES string of the molecule is CNS(=O)(=O)c1cc(N)ccc1N(C)CCOC. The molecule has 0 fully saturated rings. The zero-order valence-electron chi connectivity index (χ0n) is 10.8. The van der Waals surface area contributed by atoms with Crippen molar-refractivity contribution < 1.29 is 13.2 Å². The van der Waals surface area contributed by atoms with Crippen LogP contribution in [0, 0.1) is 0 Å². The first-order valence-corrected chi connectivity index (χ1v) is 6.94. The summed E-state index contributed by atoms with van der Waals surface area (Å²) in [5, 5.41) is 0. The van der Waals surface area contributed by atoms with Gasteiger partial charge in [0.15, 0.2) is 0 Å². The van der Waals surface area contributed by atoms with Crippen LogP contribution < -0.4 is 15.4 Å². The normalized spacial score (nSPS) is 11.5. The Morgan fingerprint density at radius 2 is 2.11 bits per heavy atom. The number of nitrogens with zero attached hydrogens (tertiary/aromatic N) is 1. The number of methoxy groups -OCH3 is 1. The topological polar surface area (TPSA) is 84.7 Å². The molecule has 18 heavy (non-hydrogen) atoms. The number of likely N-dealkylation sites (N-methyl/N-ethyl adjacent to an activating group) is 1. The second-order valence-corrected chi connectivity index (χ2v) is 5.70. The number of ether oxygens (including phenoxy) is 1. The molecule has 102 valence electrons. The molecular formula is C11H19N3O3S. The number of sulfonamides is 1. The third-order valence-electron chi connectivity index (χ3n) is 2.58. The number of anilines is 2. The molecule has 1 rings (SSSR count). The number of nitrogen functional groups attached to an aromatic ring is 1. The summed E-state index contributed by atoms with van der Waals surface area (Å²) in [6.45, 7) is 1.10. The molecule has 0 radical (unpaired) electrons. The highest BCUT2D eigenvalue weighted by atomic mass is 32.2. The molecule has 0 aliphatic rings. The minimum atomic E-state index is -3.53. The van der Waals surface area contributed by atoms with Gasteiger partial charge in [0.05, 0.1) is 12.3 Å². The van der Waals surface area contributed by atoms with Crippen LogP contribution in [0.15, 0.2) is 23.1 Å². The lowest BCUT2D eigenvalue weighted by molar-refractivity contribution is 0.206. The highest BCUT2D eigenvalue weighted by molar-refractivity contribution is 7.89. The maximum atomic E-state index is 11.9. The van der Waals surface area contributed by atoms with Crippen LogP contribution in [0.4, 0.5) is 11.4 Å². The highest BCUT2D eigenvalue weighted by Crippen LogP contribution is 2.26. The van der Waals surface area contributed by atoms with Crippen LogP contribution in [0.3, 0.4) is 0 Å². The predicted octanol–water partition coefficient (Wildman–Crippen LogP) is 0.259. The van der Waals surface area contributed by atoms with E-state index in [4.69, 9.17) is 10.5 Å². The average molecular weight is 273 g/mol. The van der Waals surface area contributed by atoms with Crippen LogP contribution in [0.25, 0.3) is 0 Å². The Morgan fingerprint density at radius 1 is 1.44 bits per heavy atom. The van der Waals surface area contributed by atoms with Crippen molar-refractivity contribution in [1.29, 1.82) is 0 Å². The van der Waals surface area contributed by atoms with E-state index >= 15 is 0 Å². The Labute approximate surface area is 108 Å². The maximum absolute atomic E-state index is 11.9. The van der Waals surface area contributed by atoms with Crippen molar-refractivity contribution >= 4 is 21.4 Å². The summed E-state index contributed by atoms with van der Waals surface area (Å²) < 4.78 is 31.1. The van der Waals surface area contributed by atoms with Crippen LogP contribution in [0.2, 0.25) is 0 Å². The number of nitrogens with two attached hydrogens (primary N) is 1. The molecule has 0 aliphatic carbocycles. The van der Waals surface area contributed by atoms with Gasteiger partial charge in [0.1, 0.15) is 4.90 Å². The second kappa shape index (κ2) is 6.03. The molecule has 0 saturated heterocycles. The lowest BCUT2D eigenvalue weighted by Crippen LogP contribution is -2.27. The van der Waals surface area contributed by atoms with Gasteiger partial charge in [0.25, 0.3) is 0 Å². The van der Waals surface area contributed by atoms with Gasteiger partial charge in [-0.3, -0.25) is 0 Å². The van der Waals surface area contributed by atoms with Crippen molar-refractivity contribution in [3.63, 3.8) is 0 Å². The molecule has 1 aromatic rings. The fourth-order valence-electron chi connectivity index (χ4n) is 1.52. The first kappa shape index (κ1) is 14.7. The van der Waals surface area contributed by atoms with E-state index in [2.05, 4.69) is 4.72 Å². The Kier molecular flexibility index (Phi) is 4.94. The van der Waals surface area contributed by atoms with E-state index in [0.29, 0.717) is 24.5 Å².